The summed E-state index contributed by atoms with van der Waals surface area (Å²) in [5, 5.41) is -0.979. The summed E-state index contributed by atoms with van der Waals surface area (Å²) >= 11 is 6.13. The number of sulfone groups is 1. The number of carbonyl (C=O) groups is 1. The highest BCUT2D eigenvalue weighted by atomic mass is 35.5. The molecule has 186 valence electrons. The van der Waals surface area contributed by atoms with E-state index >= 15 is 0 Å². The van der Waals surface area contributed by atoms with Crippen LogP contribution in [0.4, 0.5) is 23.7 Å². The lowest BCUT2D eigenvalue weighted by molar-refractivity contribution is -0.137. The Morgan fingerprint density at radius 3 is 2.38 bits per heavy atom. The summed E-state index contributed by atoms with van der Waals surface area (Å²) in [6, 6.07) is 7.84. The number of hydrogen-bond acceptors (Lipinski definition) is 5. The van der Waals surface area contributed by atoms with Gasteiger partial charge < -0.3 is 15.4 Å². The lowest BCUT2D eigenvalue weighted by Crippen LogP contribution is -2.42. The first-order valence-electron chi connectivity index (χ1n) is 10.6. The van der Waals surface area contributed by atoms with E-state index in [-0.39, 0.29) is 17.7 Å². The molecule has 1 aliphatic rings. The Labute approximate surface area is 201 Å². The van der Waals surface area contributed by atoms with E-state index < -0.39 is 60.7 Å². The van der Waals surface area contributed by atoms with Crippen molar-refractivity contribution >= 4 is 33.2 Å². The van der Waals surface area contributed by atoms with Gasteiger partial charge in [0, 0.05) is 12.6 Å². The Hall–Kier alpha value is -2.46. The Kier molecular flexibility index (Phi) is 7.15. The highest BCUT2D eigenvalue weighted by molar-refractivity contribution is 7.91. The predicted molar refractivity (Wildman–Crippen MR) is 124 cm³/mol. The van der Waals surface area contributed by atoms with Crippen LogP contribution in [0, 0.1) is 0 Å². The summed E-state index contributed by atoms with van der Waals surface area (Å²) in [6.07, 6.45) is -4.73. The molecule has 2 aromatic rings. The van der Waals surface area contributed by atoms with Crippen molar-refractivity contribution in [3.63, 3.8) is 0 Å². The topological polar surface area (TPSA) is 89.7 Å². The number of carbonyl (C=O) groups excluding carboxylic acids is 1. The SMILES string of the molecule is CC(C)(C)OC(=O)N1CCC[C@H]1CS(=O)(=O)c1c(N)cc(-c2ccccc2)c(C(F)(F)F)c1Cl. The number of hydrogen-bond donors (Lipinski definition) is 1. The monoisotopic (exact) mass is 518 g/mol. The van der Waals surface area contributed by atoms with Gasteiger partial charge in [0.25, 0.3) is 0 Å². The second kappa shape index (κ2) is 9.30. The molecule has 6 nitrogen and oxygen atoms in total. The molecule has 0 radical (unpaired) electrons. The number of benzene rings is 2. The maximum atomic E-state index is 14.0. The molecule has 0 aromatic heterocycles. The van der Waals surface area contributed by atoms with Gasteiger partial charge in [-0.3, -0.25) is 0 Å². The van der Waals surface area contributed by atoms with E-state index in [2.05, 4.69) is 0 Å². The Morgan fingerprint density at radius 1 is 1.21 bits per heavy atom. The fourth-order valence-electron chi connectivity index (χ4n) is 4.00. The van der Waals surface area contributed by atoms with Crippen LogP contribution in [0.25, 0.3) is 11.1 Å². The lowest BCUT2D eigenvalue weighted by atomic mass is 9.98. The van der Waals surface area contributed by atoms with Gasteiger partial charge in [0.1, 0.15) is 10.5 Å². The van der Waals surface area contributed by atoms with Crippen molar-refractivity contribution in [2.75, 3.05) is 18.0 Å². The van der Waals surface area contributed by atoms with Gasteiger partial charge in [-0.15, -0.1) is 0 Å². The summed E-state index contributed by atoms with van der Waals surface area (Å²) in [5.41, 5.74) is 3.40. The van der Waals surface area contributed by atoms with Crippen molar-refractivity contribution in [3.8, 4) is 11.1 Å². The molecule has 0 spiro atoms. The zero-order valence-electron chi connectivity index (χ0n) is 18.9. The van der Waals surface area contributed by atoms with Gasteiger partial charge in [-0.1, -0.05) is 41.9 Å². The van der Waals surface area contributed by atoms with Crippen LogP contribution in [0.15, 0.2) is 41.3 Å². The van der Waals surface area contributed by atoms with Crippen LogP contribution in [0.2, 0.25) is 5.02 Å². The number of ether oxygens (including phenoxy) is 1. The fraction of sp³-hybridized carbons (Fsp3) is 0.435. The van der Waals surface area contributed by atoms with Gasteiger partial charge in [-0.05, 0) is 50.8 Å². The van der Waals surface area contributed by atoms with Crippen molar-refractivity contribution in [3.05, 3.63) is 47.0 Å². The molecule has 1 fully saturated rings. The fourth-order valence-corrected chi connectivity index (χ4v) is 6.48. The molecule has 11 heteroatoms. The van der Waals surface area contributed by atoms with Gasteiger partial charge in [0.05, 0.1) is 22.0 Å². The van der Waals surface area contributed by atoms with Crippen molar-refractivity contribution < 1.29 is 31.1 Å². The standard InChI is InChI=1S/C23H26ClF3N2O4S/c1-22(2,3)33-21(30)29-11-7-10-15(29)13-34(31,32)20-17(28)12-16(14-8-5-4-6-9-14)18(19(20)24)23(25,26)27/h4-6,8-9,12,15H,7,10-11,13,28H2,1-3H3/t15-/m0/s1. The molecule has 0 saturated carbocycles. The molecule has 1 heterocycles. The first kappa shape index (κ1) is 26.2. The van der Waals surface area contributed by atoms with Crippen molar-refractivity contribution in [1.29, 1.82) is 0 Å². The zero-order chi connectivity index (χ0) is 25.5. The number of amides is 1. The number of anilines is 1. The van der Waals surface area contributed by atoms with E-state index in [9.17, 15) is 26.4 Å². The van der Waals surface area contributed by atoms with Gasteiger partial charge in [-0.2, -0.15) is 13.2 Å². The molecule has 2 N–H and O–H groups in total. The number of nitrogens with two attached hydrogens (primary N) is 1. The van der Waals surface area contributed by atoms with Gasteiger partial charge in [-0.25, -0.2) is 13.2 Å². The van der Waals surface area contributed by atoms with Gasteiger partial charge >= 0.3 is 12.3 Å². The average molecular weight is 519 g/mol. The third kappa shape index (κ3) is 5.60. The van der Waals surface area contributed by atoms with Crippen LogP contribution in [0.1, 0.15) is 39.2 Å². The molecule has 0 aliphatic carbocycles. The first-order valence-corrected chi connectivity index (χ1v) is 12.6. The summed E-state index contributed by atoms with van der Waals surface area (Å²) in [5.74, 6) is -0.627. The normalized spacial score (nSPS) is 17.1. The lowest BCUT2D eigenvalue weighted by Gasteiger charge is -2.28. The van der Waals surface area contributed by atoms with E-state index in [1.165, 1.54) is 17.0 Å². The maximum absolute atomic E-state index is 14.0. The molecule has 2 aromatic carbocycles. The third-order valence-electron chi connectivity index (χ3n) is 5.35. The van der Waals surface area contributed by atoms with E-state index in [1.807, 2.05) is 0 Å². The average Bonchev–Trinajstić information content (AvgIpc) is 3.13. The summed E-state index contributed by atoms with van der Waals surface area (Å²) in [7, 11) is -4.40. The third-order valence-corrected chi connectivity index (χ3v) is 7.72. The van der Waals surface area contributed by atoms with E-state index in [0.717, 1.165) is 6.07 Å². The van der Waals surface area contributed by atoms with E-state index in [0.29, 0.717) is 12.8 Å². The van der Waals surface area contributed by atoms with Crippen LogP contribution in [0.3, 0.4) is 0 Å². The molecule has 1 aliphatic heterocycles. The van der Waals surface area contributed by atoms with Crippen LogP contribution in [-0.2, 0) is 20.8 Å². The van der Waals surface area contributed by atoms with Gasteiger partial charge in [0.2, 0.25) is 0 Å². The number of alkyl halides is 3. The van der Waals surface area contributed by atoms with Gasteiger partial charge in [0.15, 0.2) is 9.84 Å². The van der Waals surface area contributed by atoms with Crippen LogP contribution in [0.5, 0.6) is 0 Å². The van der Waals surface area contributed by atoms with Crippen molar-refractivity contribution in [2.45, 2.75) is 56.3 Å². The van der Waals surface area contributed by atoms with E-state index in [1.54, 1.807) is 39.0 Å². The number of halogens is 4. The Bertz CT molecular complexity index is 1180. The second-order valence-corrected chi connectivity index (χ2v) is 11.5. The van der Waals surface area contributed by atoms with Crippen molar-refractivity contribution in [2.24, 2.45) is 0 Å². The molecule has 0 bridgehead atoms. The largest absolute Gasteiger partial charge is 0.444 e. The highest BCUT2D eigenvalue weighted by Crippen LogP contribution is 2.46. The maximum Gasteiger partial charge on any atom is 0.418 e. The number of likely N-dealkylation sites (tertiary alicyclic amines) is 1. The molecular formula is C23H26ClF3N2O4S. The summed E-state index contributed by atoms with van der Waals surface area (Å²) < 4.78 is 74.0. The number of nitrogen functional groups attached to an aromatic ring is 1. The smallest absolute Gasteiger partial charge is 0.418 e. The van der Waals surface area contributed by atoms with Crippen LogP contribution < -0.4 is 5.73 Å². The minimum Gasteiger partial charge on any atom is -0.444 e. The minimum absolute atomic E-state index is 0.194. The Morgan fingerprint density at radius 2 is 1.82 bits per heavy atom. The predicted octanol–water partition coefficient (Wildman–Crippen LogP) is 5.78. The summed E-state index contributed by atoms with van der Waals surface area (Å²) in [6.45, 7) is 5.32. The summed E-state index contributed by atoms with van der Waals surface area (Å²) in [4.78, 5) is 13.0. The molecule has 0 unspecified atom stereocenters. The zero-order valence-corrected chi connectivity index (χ0v) is 20.5. The van der Waals surface area contributed by atoms with Crippen LogP contribution in [-0.4, -0.2) is 43.4 Å². The number of rotatable bonds is 4. The molecular weight excluding hydrogens is 493 g/mol. The molecule has 34 heavy (non-hydrogen) atoms. The molecule has 3 rings (SSSR count). The first-order chi connectivity index (χ1) is 15.6. The highest BCUT2D eigenvalue weighted by Gasteiger charge is 2.42. The quantitative estimate of drug-likeness (QED) is 0.518. The van der Waals surface area contributed by atoms with E-state index in [4.69, 9.17) is 22.1 Å². The van der Waals surface area contributed by atoms with Crippen molar-refractivity contribution in [1.82, 2.24) is 4.90 Å². The minimum atomic E-state index is -4.93. The van der Waals surface area contributed by atoms with Crippen LogP contribution >= 0.6 is 11.6 Å². The number of nitrogens with zero attached hydrogens (tertiary/aromatic N) is 1. The second-order valence-electron chi connectivity index (χ2n) is 9.15. The molecule has 1 atom stereocenters. The molecule has 1 amide bonds. The molecule has 1 saturated heterocycles. The Balaban J connectivity index is 2.04.